The Bertz CT molecular complexity index is 921. The van der Waals surface area contributed by atoms with Gasteiger partial charge in [0.15, 0.2) is 6.61 Å². The third kappa shape index (κ3) is 6.89. The first kappa shape index (κ1) is 24.5. The molecule has 1 N–H and O–H groups in total. The van der Waals surface area contributed by atoms with E-state index in [2.05, 4.69) is 21.2 Å². The van der Waals surface area contributed by atoms with Crippen LogP contribution in [0.4, 0.5) is 0 Å². The van der Waals surface area contributed by atoms with Crippen LogP contribution in [0.15, 0.2) is 40.9 Å². The molecule has 0 unspecified atom stereocenters. The fraction of sp³-hybridized carbons (Fsp3) is 0.364. The fourth-order valence-corrected chi connectivity index (χ4v) is 3.47. The molecule has 0 spiro atoms. The number of nitrogens with one attached hydrogen (secondary N) is 1. The molecule has 2 aromatic carbocycles. The number of hydrogen-bond acceptors (Lipinski definition) is 3. The van der Waals surface area contributed by atoms with Crippen LogP contribution in [0, 0.1) is 6.92 Å². The SMILES string of the molecule is Cc1cc(OCC(=O)N(Cc2ccc(Cl)cc2Cl)[C@H](C)C(=O)NC(C)C)ccc1Br. The topological polar surface area (TPSA) is 58.6 Å². The zero-order valence-electron chi connectivity index (χ0n) is 17.3. The molecule has 8 heteroatoms. The van der Waals surface area contributed by atoms with Gasteiger partial charge in [0.1, 0.15) is 11.8 Å². The zero-order valence-corrected chi connectivity index (χ0v) is 20.4. The van der Waals surface area contributed by atoms with Gasteiger partial charge in [-0.15, -0.1) is 0 Å². The molecule has 0 aliphatic carbocycles. The Balaban J connectivity index is 2.20. The number of benzene rings is 2. The van der Waals surface area contributed by atoms with Gasteiger partial charge in [0.2, 0.25) is 5.91 Å². The van der Waals surface area contributed by atoms with E-state index in [-0.39, 0.29) is 31.0 Å². The van der Waals surface area contributed by atoms with Crippen molar-refractivity contribution >= 4 is 50.9 Å². The van der Waals surface area contributed by atoms with E-state index < -0.39 is 6.04 Å². The van der Waals surface area contributed by atoms with Gasteiger partial charge in [-0.1, -0.05) is 45.2 Å². The Kier molecular flexibility index (Phi) is 9.01. The Morgan fingerprint density at radius 2 is 1.83 bits per heavy atom. The minimum atomic E-state index is -0.707. The molecule has 30 heavy (non-hydrogen) atoms. The smallest absolute Gasteiger partial charge is 0.261 e. The molecule has 162 valence electrons. The monoisotopic (exact) mass is 514 g/mol. The van der Waals surface area contributed by atoms with Crippen LogP contribution in [0.5, 0.6) is 5.75 Å². The van der Waals surface area contributed by atoms with Gasteiger partial charge in [0.05, 0.1) is 0 Å². The number of ether oxygens (including phenoxy) is 1. The third-order valence-corrected chi connectivity index (χ3v) is 5.92. The van der Waals surface area contributed by atoms with Crippen molar-refractivity contribution < 1.29 is 14.3 Å². The number of hydrogen-bond donors (Lipinski definition) is 1. The largest absolute Gasteiger partial charge is 0.484 e. The van der Waals surface area contributed by atoms with Crippen molar-refractivity contribution in [2.75, 3.05) is 6.61 Å². The zero-order chi connectivity index (χ0) is 22.4. The lowest BCUT2D eigenvalue weighted by molar-refractivity contribution is -0.142. The van der Waals surface area contributed by atoms with Crippen molar-refractivity contribution in [2.24, 2.45) is 0 Å². The molecule has 0 saturated carbocycles. The number of halogens is 3. The molecule has 0 aliphatic rings. The lowest BCUT2D eigenvalue weighted by Crippen LogP contribution is -2.50. The molecule has 0 heterocycles. The second-order valence-corrected chi connectivity index (χ2v) is 8.99. The van der Waals surface area contributed by atoms with Gasteiger partial charge in [-0.25, -0.2) is 0 Å². The van der Waals surface area contributed by atoms with E-state index in [1.807, 2.05) is 32.9 Å². The number of nitrogens with zero attached hydrogens (tertiary/aromatic N) is 1. The summed E-state index contributed by atoms with van der Waals surface area (Å²) >= 11 is 15.7. The van der Waals surface area contributed by atoms with Gasteiger partial charge in [0.25, 0.3) is 5.91 Å². The molecular formula is C22H25BrCl2N2O3. The van der Waals surface area contributed by atoms with Crippen molar-refractivity contribution in [3.05, 3.63) is 62.0 Å². The highest BCUT2D eigenvalue weighted by Crippen LogP contribution is 2.24. The Labute approximate surface area is 195 Å². The minimum absolute atomic E-state index is 0.0435. The molecule has 5 nitrogen and oxygen atoms in total. The highest BCUT2D eigenvalue weighted by molar-refractivity contribution is 9.10. The second kappa shape index (κ2) is 11.0. The number of amides is 2. The van der Waals surface area contributed by atoms with Crippen LogP contribution in [-0.2, 0) is 16.1 Å². The quantitative estimate of drug-likeness (QED) is 0.513. The van der Waals surface area contributed by atoms with Gasteiger partial charge >= 0.3 is 0 Å². The predicted octanol–water partition coefficient (Wildman–Crippen LogP) is 5.39. The van der Waals surface area contributed by atoms with E-state index in [1.54, 1.807) is 31.2 Å². The fourth-order valence-electron chi connectivity index (χ4n) is 2.76. The lowest BCUT2D eigenvalue weighted by atomic mass is 10.1. The van der Waals surface area contributed by atoms with E-state index >= 15 is 0 Å². The first-order chi connectivity index (χ1) is 14.1. The van der Waals surface area contributed by atoms with E-state index in [9.17, 15) is 9.59 Å². The summed E-state index contributed by atoms with van der Waals surface area (Å²) in [7, 11) is 0. The van der Waals surface area contributed by atoms with Crippen LogP contribution in [-0.4, -0.2) is 35.4 Å². The highest BCUT2D eigenvalue weighted by atomic mass is 79.9. The normalized spacial score (nSPS) is 11.9. The first-order valence-corrected chi connectivity index (χ1v) is 11.1. The average molecular weight is 516 g/mol. The molecule has 0 radical (unpaired) electrons. The number of rotatable bonds is 8. The highest BCUT2D eigenvalue weighted by Gasteiger charge is 2.27. The molecular weight excluding hydrogens is 491 g/mol. The van der Waals surface area contributed by atoms with Gasteiger partial charge in [-0.2, -0.15) is 0 Å². The standard InChI is InChI=1S/C22H25BrCl2N2O3/c1-13(2)26-22(29)15(4)27(11-16-5-6-17(24)10-20(16)25)21(28)12-30-18-7-8-19(23)14(3)9-18/h5-10,13,15H,11-12H2,1-4H3,(H,26,29)/t15-/m1/s1. The van der Waals surface area contributed by atoms with E-state index in [0.717, 1.165) is 10.0 Å². The maximum absolute atomic E-state index is 13.0. The molecule has 0 saturated heterocycles. The van der Waals surface area contributed by atoms with Gasteiger partial charge in [0, 0.05) is 27.1 Å². The van der Waals surface area contributed by atoms with E-state index in [1.165, 1.54) is 4.90 Å². The summed E-state index contributed by atoms with van der Waals surface area (Å²) in [6.45, 7) is 7.31. The summed E-state index contributed by atoms with van der Waals surface area (Å²) in [5.41, 5.74) is 1.69. The van der Waals surface area contributed by atoms with Crippen molar-refractivity contribution in [2.45, 2.75) is 46.3 Å². The second-order valence-electron chi connectivity index (χ2n) is 7.30. The van der Waals surface area contributed by atoms with Crippen LogP contribution in [0.25, 0.3) is 0 Å². The van der Waals surface area contributed by atoms with Crippen molar-refractivity contribution in [1.82, 2.24) is 10.2 Å². The summed E-state index contributed by atoms with van der Waals surface area (Å²) in [6, 6.07) is 9.79. The molecule has 0 aromatic heterocycles. The van der Waals surface area contributed by atoms with Crippen LogP contribution >= 0.6 is 39.1 Å². The van der Waals surface area contributed by atoms with Gasteiger partial charge in [-0.3, -0.25) is 9.59 Å². The summed E-state index contributed by atoms with van der Waals surface area (Å²) in [6.07, 6.45) is 0. The summed E-state index contributed by atoms with van der Waals surface area (Å²) in [5, 5.41) is 3.77. The Morgan fingerprint density at radius 1 is 1.13 bits per heavy atom. The Morgan fingerprint density at radius 3 is 2.43 bits per heavy atom. The molecule has 2 aromatic rings. The Hall–Kier alpha value is -1.76. The minimum Gasteiger partial charge on any atom is -0.484 e. The van der Waals surface area contributed by atoms with Crippen LogP contribution in [0.2, 0.25) is 10.0 Å². The van der Waals surface area contributed by atoms with E-state index in [4.69, 9.17) is 27.9 Å². The summed E-state index contributed by atoms with van der Waals surface area (Å²) in [5.74, 6) is 0.00345. The summed E-state index contributed by atoms with van der Waals surface area (Å²) in [4.78, 5) is 27.1. The number of carbonyl (C=O) groups excluding carboxylic acids is 2. The summed E-state index contributed by atoms with van der Waals surface area (Å²) < 4.78 is 6.64. The number of aryl methyl sites for hydroxylation is 1. The number of carbonyl (C=O) groups is 2. The van der Waals surface area contributed by atoms with Crippen molar-refractivity contribution in [1.29, 1.82) is 0 Å². The maximum Gasteiger partial charge on any atom is 0.261 e. The molecule has 0 fully saturated rings. The lowest BCUT2D eigenvalue weighted by Gasteiger charge is -2.29. The van der Waals surface area contributed by atoms with Gasteiger partial charge < -0.3 is 15.0 Å². The molecule has 1 atom stereocenters. The van der Waals surface area contributed by atoms with Crippen LogP contribution in [0.1, 0.15) is 31.9 Å². The third-order valence-electron chi connectivity index (χ3n) is 4.45. The maximum atomic E-state index is 13.0. The van der Waals surface area contributed by atoms with E-state index in [0.29, 0.717) is 21.4 Å². The van der Waals surface area contributed by atoms with Crippen molar-refractivity contribution in [3.8, 4) is 5.75 Å². The van der Waals surface area contributed by atoms with Crippen LogP contribution in [0.3, 0.4) is 0 Å². The molecule has 2 rings (SSSR count). The first-order valence-electron chi connectivity index (χ1n) is 9.51. The average Bonchev–Trinajstić information content (AvgIpc) is 2.67. The molecule has 0 aliphatic heterocycles. The van der Waals surface area contributed by atoms with Crippen molar-refractivity contribution in [3.63, 3.8) is 0 Å². The molecule has 0 bridgehead atoms. The van der Waals surface area contributed by atoms with Crippen LogP contribution < -0.4 is 10.1 Å². The molecule has 2 amide bonds. The van der Waals surface area contributed by atoms with Gasteiger partial charge in [-0.05, 0) is 69.2 Å². The predicted molar refractivity (Wildman–Crippen MR) is 124 cm³/mol.